The molecule has 0 unspecified atom stereocenters. The number of hydrogen-bond acceptors (Lipinski definition) is 3. The molecule has 106 valence electrons. The molecule has 21 heavy (non-hydrogen) atoms. The number of thiophene rings is 1. The number of nitriles is 1. The lowest BCUT2D eigenvalue weighted by atomic mass is 10.1. The normalized spacial score (nSPS) is 11.0. The molecule has 0 radical (unpaired) electrons. The van der Waals surface area contributed by atoms with Crippen LogP contribution < -0.4 is 5.32 Å². The van der Waals surface area contributed by atoms with Gasteiger partial charge < -0.3 is 5.32 Å². The van der Waals surface area contributed by atoms with Gasteiger partial charge in [0.25, 0.3) is 5.91 Å². The number of benzene rings is 1. The van der Waals surface area contributed by atoms with Gasteiger partial charge in [0, 0.05) is 10.6 Å². The standard InChI is InChI=1S/C17H16N2OS/c1-11-5-4-6-15(13(11)3)19-17(20)14(10-18)9-16-12(2)7-8-21-16/h4-9H,1-3H3,(H,19,20)/b14-9-. The van der Waals surface area contributed by atoms with E-state index in [2.05, 4.69) is 5.32 Å². The zero-order valence-corrected chi connectivity index (χ0v) is 13.0. The summed E-state index contributed by atoms with van der Waals surface area (Å²) in [5.74, 6) is -0.376. The molecule has 0 aliphatic carbocycles. The molecule has 1 N–H and O–H groups in total. The van der Waals surface area contributed by atoms with Crippen LogP contribution in [0, 0.1) is 32.1 Å². The number of anilines is 1. The van der Waals surface area contributed by atoms with Crippen LogP contribution in [0.15, 0.2) is 35.2 Å². The van der Waals surface area contributed by atoms with Gasteiger partial charge in [-0.2, -0.15) is 5.26 Å². The Labute approximate surface area is 128 Å². The summed E-state index contributed by atoms with van der Waals surface area (Å²) in [6, 6.07) is 9.66. The van der Waals surface area contributed by atoms with E-state index < -0.39 is 0 Å². The van der Waals surface area contributed by atoms with Crippen molar-refractivity contribution in [3.05, 3.63) is 56.8 Å². The third-order valence-electron chi connectivity index (χ3n) is 3.40. The molecule has 4 heteroatoms. The molecule has 1 aromatic heterocycles. The number of nitrogens with one attached hydrogen (secondary N) is 1. The zero-order chi connectivity index (χ0) is 15.4. The second-order valence-corrected chi connectivity index (χ2v) is 5.79. The molecule has 0 aliphatic rings. The highest BCUT2D eigenvalue weighted by Gasteiger charge is 2.12. The molecular weight excluding hydrogens is 280 g/mol. The molecule has 0 saturated carbocycles. The van der Waals surface area contributed by atoms with Crippen molar-refractivity contribution in [2.24, 2.45) is 0 Å². The minimum Gasteiger partial charge on any atom is -0.321 e. The van der Waals surface area contributed by atoms with Crippen LogP contribution in [0.25, 0.3) is 6.08 Å². The lowest BCUT2D eigenvalue weighted by Crippen LogP contribution is -2.14. The molecule has 1 heterocycles. The fourth-order valence-corrected chi connectivity index (χ4v) is 2.75. The van der Waals surface area contributed by atoms with Crippen LogP contribution in [0.1, 0.15) is 21.6 Å². The first-order valence-electron chi connectivity index (χ1n) is 6.56. The maximum absolute atomic E-state index is 12.2. The summed E-state index contributed by atoms with van der Waals surface area (Å²) in [6.45, 7) is 5.89. The second kappa shape index (κ2) is 6.38. The van der Waals surface area contributed by atoms with Gasteiger partial charge in [-0.05, 0) is 61.1 Å². The van der Waals surface area contributed by atoms with Gasteiger partial charge in [0.1, 0.15) is 11.6 Å². The van der Waals surface area contributed by atoms with Gasteiger partial charge in [0.15, 0.2) is 0 Å². The van der Waals surface area contributed by atoms with Gasteiger partial charge in [0.05, 0.1) is 0 Å². The maximum Gasteiger partial charge on any atom is 0.266 e. The number of nitrogens with zero attached hydrogens (tertiary/aromatic N) is 1. The van der Waals surface area contributed by atoms with Crippen LogP contribution in [0.5, 0.6) is 0 Å². The van der Waals surface area contributed by atoms with Gasteiger partial charge in [-0.1, -0.05) is 12.1 Å². The van der Waals surface area contributed by atoms with Crippen LogP contribution in [0.2, 0.25) is 0 Å². The molecular formula is C17H16N2OS. The fraction of sp³-hybridized carbons (Fsp3) is 0.176. The fourth-order valence-electron chi connectivity index (χ4n) is 1.89. The number of hydrogen-bond donors (Lipinski definition) is 1. The predicted molar refractivity (Wildman–Crippen MR) is 87.2 cm³/mol. The Morgan fingerprint density at radius 2 is 2.00 bits per heavy atom. The number of aryl methyl sites for hydroxylation is 2. The quantitative estimate of drug-likeness (QED) is 0.681. The lowest BCUT2D eigenvalue weighted by Gasteiger charge is -2.09. The van der Waals surface area contributed by atoms with Crippen molar-refractivity contribution in [2.45, 2.75) is 20.8 Å². The Kier molecular flexibility index (Phi) is 4.56. The van der Waals surface area contributed by atoms with E-state index in [9.17, 15) is 10.1 Å². The van der Waals surface area contributed by atoms with Gasteiger partial charge >= 0.3 is 0 Å². The van der Waals surface area contributed by atoms with E-state index in [1.54, 1.807) is 6.08 Å². The van der Waals surface area contributed by atoms with Crippen LogP contribution in [-0.2, 0) is 4.79 Å². The summed E-state index contributed by atoms with van der Waals surface area (Å²) in [7, 11) is 0. The minimum atomic E-state index is -0.376. The largest absolute Gasteiger partial charge is 0.321 e. The summed E-state index contributed by atoms with van der Waals surface area (Å²) < 4.78 is 0. The van der Waals surface area contributed by atoms with E-state index in [0.29, 0.717) is 0 Å². The average molecular weight is 296 g/mol. The van der Waals surface area contributed by atoms with E-state index in [4.69, 9.17) is 0 Å². The summed E-state index contributed by atoms with van der Waals surface area (Å²) >= 11 is 1.52. The van der Waals surface area contributed by atoms with E-state index in [1.807, 2.05) is 56.5 Å². The Balaban J connectivity index is 2.26. The van der Waals surface area contributed by atoms with Gasteiger partial charge in [0.2, 0.25) is 0 Å². The second-order valence-electron chi connectivity index (χ2n) is 4.84. The number of carbonyl (C=O) groups excluding carboxylic acids is 1. The van der Waals surface area contributed by atoms with E-state index >= 15 is 0 Å². The SMILES string of the molecule is Cc1ccsc1/C=C(/C#N)C(=O)Nc1cccc(C)c1C. The topological polar surface area (TPSA) is 52.9 Å². The van der Waals surface area contributed by atoms with Crippen LogP contribution >= 0.6 is 11.3 Å². The smallest absolute Gasteiger partial charge is 0.266 e. The van der Waals surface area contributed by atoms with E-state index in [0.717, 1.165) is 27.3 Å². The van der Waals surface area contributed by atoms with Crippen molar-refractivity contribution in [1.29, 1.82) is 5.26 Å². The first kappa shape index (κ1) is 15.0. The van der Waals surface area contributed by atoms with Gasteiger partial charge in [-0.3, -0.25) is 4.79 Å². The van der Waals surface area contributed by atoms with Crippen molar-refractivity contribution in [3.8, 4) is 6.07 Å². The molecule has 2 rings (SSSR count). The van der Waals surface area contributed by atoms with Gasteiger partial charge in [-0.25, -0.2) is 0 Å². The first-order chi connectivity index (χ1) is 10.0. The van der Waals surface area contributed by atoms with Crippen LogP contribution in [-0.4, -0.2) is 5.91 Å². The Morgan fingerprint density at radius 1 is 1.24 bits per heavy atom. The lowest BCUT2D eigenvalue weighted by molar-refractivity contribution is -0.112. The van der Waals surface area contributed by atoms with Crippen molar-refractivity contribution in [3.63, 3.8) is 0 Å². The summed E-state index contributed by atoms with van der Waals surface area (Å²) in [5, 5.41) is 14.0. The molecule has 0 saturated heterocycles. The number of carbonyl (C=O) groups is 1. The Hall–Kier alpha value is -2.38. The third-order valence-corrected chi connectivity index (χ3v) is 4.36. The highest BCUT2D eigenvalue weighted by atomic mass is 32.1. The summed E-state index contributed by atoms with van der Waals surface area (Å²) in [5.41, 5.74) is 4.03. The zero-order valence-electron chi connectivity index (χ0n) is 12.2. The average Bonchev–Trinajstić information content (AvgIpc) is 2.86. The Morgan fingerprint density at radius 3 is 2.62 bits per heavy atom. The number of amides is 1. The molecule has 2 aromatic rings. The molecule has 1 aromatic carbocycles. The van der Waals surface area contributed by atoms with Crippen molar-refractivity contribution in [2.75, 3.05) is 5.32 Å². The van der Waals surface area contributed by atoms with Crippen molar-refractivity contribution < 1.29 is 4.79 Å². The predicted octanol–water partition coefficient (Wildman–Crippen LogP) is 4.22. The summed E-state index contributed by atoms with van der Waals surface area (Å²) in [4.78, 5) is 13.2. The minimum absolute atomic E-state index is 0.112. The van der Waals surface area contributed by atoms with Gasteiger partial charge in [-0.15, -0.1) is 11.3 Å². The molecule has 0 fully saturated rings. The molecule has 0 atom stereocenters. The van der Waals surface area contributed by atoms with Crippen molar-refractivity contribution in [1.82, 2.24) is 0 Å². The summed E-state index contributed by atoms with van der Waals surface area (Å²) in [6.07, 6.45) is 1.64. The van der Waals surface area contributed by atoms with E-state index in [-0.39, 0.29) is 11.5 Å². The molecule has 0 aliphatic heterocycles. The maximum atomic E-state index is 12.2. The number of rotatable bonds is 3. The molecule has 0 spiro atoms. The third kappa shape index (κ3) is 3.39. The monoisotopic (exact) mass is 296 g/mol. The first-order valence-corrected chi connectivity index (χ1v) is 7.44. The molecule has 1 amide bonds. The molecule has 0 bridgehead atoms. The highest BCUT2D eigenvalue weighted by molar-refractivity contribution is 7.11. The van der Waals surface area contributed by atoms with Crippen LogP contribution in [0.3, 0.4) is 0 Å². The van der Waals surface area contributed by atoms with Crippen molar-refractivity contribution >= 4 is 29.0 Å². The Bertz CT molecular complexity index is 750. The molecule has 3 nitrogen and oxygen atoms in total. The highest BCUT2D eigenvalue weighted by Crippen LogP contribution is 2.21. The van der Waals surface area contributed by atoms with E-state index in [1.165, 1.54) is 11.3 Å². The van der Waals surface area contributed by atoms with Crippen LogP contribution in [0.4, 0.5) is 5.69 Å².